The number of benzene rings is 2. The lowest BCUT2D eigenvalue weighted by Crippen LogP contribution is -2.30. The van der Waals surface area contributed by atoms with Crippen LogP contribution < -0.4 is 4.90 Å². The van der Waals surface area contributed by atoms with Crippen molar-refractivity contribution in [1.82, 2.24) is 4.98 Å². The Labute approximate surface area is 193 Å². The highest BCUT2D eigenvalue weighted by atomic mass is 79.9. The van der Waals surface area contributed by atoms with Crippen LogP contribution in [0.3, 0.4) is 0 Å². The van der Waals surface area contributed by atoms with Crippen LogP contribution >= 0.6 is 27.5 Å². The summed E-state index contributed by atoms with van der Waals surface area (Å²) in [5.74, 6) is -1.69. The average Bonchev–Trinajstić information content (AvgIpc) is 3.01. The first kappa shape index (κ1) is 21.3. The minimum Gasteiger partial charge on any atom is -0.507 e. The fourth-order valence-corrected chi connectivity index (χ4v) is 4.24. The number of carbonyl (C=O) groups is 2. The van der Waals surface area contributed by atoms with Gasteiger partial charge in [-0.1, -0.05) is 39.7 Å². The summed E-state index contributed by atoms with van der Waals surface area (Å²) in [6.45, 7) is 3.70. The summed E-state index contributed by atoms with van der Waals surface area (Å²) in [5, 5.41) is 11.7. The Morgan fingerprint density at radius 2 is 1.87 bits per heavy atom. The third-order valence-corrected chi connectivity index (χ3v) is 6.42. The molecule has 0 spiro atoms. The van der Waals surface area contributed by atoms with Gasteiger partial charge in [0.1, 0.15) is 5.76 Å². The van der Waals surface area contributed by atoms with Crippen LogP contribution in [0.15, 0.2) is 71.0 Å². The molecule has 5 nitrogen and oxygen atoms in total. The van der Waals surface area contributed by atoms with Crippen LogP contribution in [-0.4, -0.2) is 21.8 Å². The van der Waals surface area contributed by atoms with Crippen molar-refractivity contribution in [2.45, 2.75) is 19.9 Å². The normalized spacial score (nSPS) is 17.9. The Morgan fingerprint density at radius 1 is 1.10 bits per heavy atom. The predicted molar refractivity (Wildman–Crippen MR) is 124 cm³/mol. The highest BCUT2D eigenvalue weighted by molar-refractivity contribution is 9.10. The summed E-state index contributed by atoms with van der Waals surface area (Å²) in [6, 6.07) is 13.1. The van der Waals surface area contributed by atoms with E-state index in [-0.39, 0.29) is 11.3 Å². The predicted octanol–water partition coefficient (Wildman–Crippen LogP) is 5.74. The van der Waals surface area contributed by atoms with Gasteiger partial charge >= 0.3 is 0 Å². The number of rotatable bonds is 3. The molecule has 31 heavy (non-hydrogen) atoms. The number of carbonyl (C=O) groups excluding carboxylic acids is 2. The van der Waals surface area contributed by atoms with E-state index in [1.54, 1.807) is 60.9 Å². The van der Waals surface area contributed by atoms with Gasteiger partial charge in [0.2, 0.25) is 0 Å². The van der Waals surface area contributed by atoms with Gasteiger partial charge in [-0.05, 0) is 66.9 Å². The Kier molecular flexibility index (Phi) is 5.69. The molecular weight excluding hydrogens is 480 g/mol. The molecule has 2 aromatic carbocycles. The number of nitrogens with zero attached hydrogens (tertiary/aromatic N) is 2. The molecule has 1 atom stereocenters. The number of ketones is 1. The van der Waals surface area contributed by atoms with Crippen molar-refractivity contribution < 1.29 is 14.7 Å². The van der Waals surface area contributed by atoms with Gasteiger partial charge < -0.3 is 5.11 Å². The van der Waals surface area contributed by atoms with Crippen molar-refractivity contribution in [3.05, 3.63) is 98.2 Å². The van der Waals surface area contributed by atoms with E-state index in [2.05, 4.69) is 20.9 Å². The number of halogens is 2. The van der Waals surface area contributed by atoms with Gasteiger partial charge in [-0.25, -0.2) is 0 Å². The van der Waals surface area contributed by atoms with Crippen LogP contribution in [0.2, 0.25) is 5.02 Å². The first-order chi connectivity index (χ1) is 14.8. The number of aromatic nitrogens is 1. The molecule has 1 aliphatic heterocycles. The Hall–Kier alpha value is -2.96. The molecule has 1 N–H and O–H groups in total. The van der Waals surface area contributed by atoms with Crippen LogP contribution in [0.4, 0.5) is 5.69 Å². The van der Waals surface area contributed by atoms with E-state index in [0.717, 1.165) is 15.6 Å². The van der Waals surface area contributed by atoms with E-state index in [1.807, 2.05) is 13.8 Å². The lowest BCUT2D eigenvalue weighted by Gasteiger charge is -2.26. The van der Waals surface area contributed by atoms with E-state index in [1.165, 1.54) is 4.90 Å². The number of hydrogen-bond acceptors (Lipinski definition) is 4. The van der Waals surface area contributed by atoms with Crippen LogP contribution in [0.5, 0.6) is 0 Å². The summed E-state index contributed by atoms with van der Waals surface area (Å²) in [4.78, 5) is 31.9. The zero-order valence-corrected chi connectivity index (χ0v) is 19.1. The first-order valence-electron chi connectivity index (χ1n) is 9.53. The number of aryl methyl sites for hydroxylation is 2. The van der Waals surface area contributed by atoms with Crippen LogP contribution in [0, 0.1) is 13.8 Å². The summed E-state index contributed by atoms with van der Waals surface area (Å²) >= 11 is 9.54. The second-order valence-electron chi connectivity index (χ2n) is 7.35. The van der Waals surface area contributed by atoms with Gasteiger partial charge in [-0.15, -0.1) is 0 Å². The van der Waals surface area contributed by atoms with Crippen molar-refractivity contribution in [2.24, 2.45) is 0 Å². The quantitative estimate of drug-likeness (QED) is 0.284. The number of aliphatic hydroxyl groups is 1. The molecule has 156 valence electrons. The molecule has 3 aromatic rings. The van der Waals surface area contributed by atoms with E-state index in [0.29, 0.717) is 21.8 Å². The third-order valence-electron chi connectivity index (χ3n) is 5.29. The van der Waals surface area contributed by atoms with Gasteiger partial charge in [0.05, 0.1) is 11.6 Å². The van der Waals surface area contributed by atoms with Crippen molar-refractivity contribution in [2.75, 3.05) is 4.90 Å². The SMILES string of the molecule is Cc1cc(/C(O)=C2\C(=O)C(=O)N(c3ccc(Cl)cc3C)C2c2cccnc2)ccc1Br. The van der Waals surface area contributed by atoms with E-state index in [4.69, 9.17) is 11.6 Å². The third kappa shape index (κ3) is 3.77. The number of amides is 1. The molecule has 0 bridgehead atoms. The van der Waals surface area contributed by atoms with E-state index >= 15 is 0 Å². The Morgan fingerprint density at radius 3 is 2.52 bits per heavy atom. The number of pyridine rings is 1. The zero-order chi connectivity index (χ0) is 22.3. The van der Waals surface area contributed by atoms with Gasteiger partial charge in [0.25, 0.3) is 11.7 Å². The monoisotopic (exact) mass is 496 g/mol. The summed E-state index contributed by atoms with van der Waals surface area (Å²) in [6.07, 6.45) is 3.20. The topological polar surface area (TPSA) is 70.5 Å². The maximum absolute atomic E-state index is 13.2. The number of aliphatic hydroxyl groups excluding tert-OH is 1. The van der Waals surface area contributed by atoms with Gasteiger partial charge in [-0.2, -0.15) is 0 Å². The lowest BCUT2D eigenvalue weighted by atomic mass is 9.95. The van der Waals surface area contributed by atoms with Crippen LogP contribution in [-0.2, 0) is 9.59 Å². The van der Waals surface area contributed by atoms with Crippen molar-refractivity contribution in [3.63, 3.8) is 0 Å². The van der Waals surface area contributed by atoms with Crippen molar-refractivity contribution in [1.29, 1.82) is 0 Å². The molecule has 1 saturated heterocycles. The molecule has 4 rings (SSSR count). The van der Waals surface area contributed by atoms with Gasteiger partial charge in [-0.3, -0.25) is 19.5 Å². The number of hydrogen-bond donors (Lipinski definition) is 1. The number of Topliss-reactive ketones (excluding diaryl/α,β-unsaturated/α-hetero) is 1. The fraction of sp³-hybridized carbons (Fsp3) is 0.125. The summed E-state index contributed by atoms with van der Waals surface area (Å²) in [5.41, 5.74) is 3.28. The second-order valence-corrected chi connectivity index (χ2v) is 8.64. The molecule has 1 aliphatic rings. The minimum atomic E-state index is -0.822. The molecular formula is C24H18BrClN2O3. The molecule has 7 heteroatoms. The average molecular weight is 498 g/mol. The molecule has 0 saturated carbocycles. The Balaban J connectivity index is 1.97. The molecule has 1 fully saturated rings. The van der Waals surface area contributed by atoms with Crippen LogP contribution in [0.1, 0.15) is 28.3 Å². The van der Waals surface area contributed by atoms with Crippen LogP contribution in [0.25, 0.3) is 5.76 Å². The van der Waals surface area contributed by atoms with Crippen molar-refractivity contribution >= 4 is 50.7 Å². The first-order valence-corrected chi connectivity index (χ1v) is 10.7. The molecule has 0 aliphatic carbocycles. The van der Waals surface area contributed by atoms with Crippen molar-refractivity contribution in [3.8, 4) is 0 Å². The second kappa shape index (κ2) is 8.29. The standard InChI is InChI=1S/C24H18BrClN2O3/c1-13-10-15(5-7-18(13)25)22(29)20-21(16-4-3-9-27-12-16)28(24(31)23(20)30)19-8-6-17(26)11-14(19)2/h3-12,21,29H,1-2H3/b22-20+. The molecule has 1 unspecified atom stereocenters. The maximum atomic E-state index is 13.2. The molecule has 2 heterocycles. The van der Waals surface area contributed by atoms with E-state index < -0.39 is 17.7 Å². The number of anilines is 1. The molecule has 1 amide bonds. The van der Waals surface area contributed by atoms with E-state index in [9.17, 15) is 14.7 Å². The maximum Gasteiger partial charge on any atom is 0.300 e. The van der Waals surface area contributed by atoms with Gasteiger partial charge in [0, 0.05) is 33.1 Å². The van der Waals surface area contributed by atoms with Gasteiger partial charge in [0.15, 0.2) is 0 Å². The lowest BCUT2D eigenvalue weighted by molar-refractivity contribution is -0.132. The highest BCUT2D eigenvalue weighted by Gasteiger charge is 2.47. The summed E-state index contributed by atoms with van der Waals surface area (Å²) < 4.78 is 0.880. The molecule has 0 radical (unpaired) electrons. The summed E-state index contributed by atoms with van der Waals surface area (Å²) in [7, 11) is 0. The fourth-order valence-electron chi connectivity index (χ4n) is 3.77. The zero-order valence-electron chi connectivity index (χ0n) is 16.8. The highest BCUT2D eigenvalue weighted by Crippen LogP contribution is 2.43. The smallest absolute Gasteiger partial charge is 0.300 e. The largest absolute Gasteiger partial charge is 0.507 e. The Bertz CT molecular complexity index is 1240. The molecule has 1 aromatic heterocycles. The minimum absolute atomic E-state index is 0.0223.